The quantitative estimate of drug-likeness (QED) is 0.833. The summed E-state index contributed by atoms with van der Waals surface area (Å²) in [6, 6.07) is 10.1. The first-order valence-electron chi connectivity index (χ1n) is 6.21. The maximum atomic E-state index is 11.5. The van der Waals surface area contributed by atoms with Gasteiger partial charge >= 0.3 is 6.09 Å². The van der Waals surface area contributed by atoms with Crippen LogP contribution in [-0.4, -0.2) is 34.2 Å². The Morgan fingerprint density at radius 1 is 1.26 bits per heavy atom. The van der Waals surface area contributed by atoms with E-state index >= 15 is 0 Å². The van der Waals surface area contributed by atoms with Crippen LogP contribution in [0.15, 0.2) is 36.5 Å². The standard InChI is InChI=1S/C13H14N4O2/c18-13-16(8-9-19-13)12-10-14-15-17(12)7-6-11-4-2-1-3-5-11/h1-5,10H,6-9H2. The van der Waals surface area contributed by atoms with E-state index in [0.29, 0.717) is 25.5 Å². The largest absolute Gasteiger partial charge is 0.447 e. The molecular weight excluding hydrogens is 244 g/mol. The summed E-state index contributed by atoms with van der Waals surface area (Å²) >= 11 is 0. The number of amides is 1. The zero-order chi connectivity index (χ0) is 13.1. The molecule has 3 rings (SSSR count). The Bertz CT molecular complexity index is 567. The number of carbonyl (C=O) groups is 1. The molecule has 6 heteroatoms. The van der Waals surface area contributed by atoms with Crippen molar-refractivity contribution in [2.75, 3.05) is 18.1 Å². The van der Waals surface area contributed by atoms with Crippen molar-refractivity contribution in [1.82, 2.24) is 15.0 Å². The highest BCUT2D eigenvalue weighted by molar-refractivity contribution is 5.87. The van der Waals surface area contributed by atoms with Crippen LogP contribution in [-0.2, 0) is 17.7 Å². The van der Waals surface area contributed by atoms with Crippen LogP contribution >= 0.6 is 0 Å². The SMILES string of the molecule is O=C1OCCN1c1cnnn1CCc1ccccc1. The molecule has 1 saturated heterocycles. The third-order valence-electron chi connectivity index (χ3n) is 3.09. The van der Waals surface area contributed by atoms with Gasteiger partial charge in [0.2, 0.25) is 0 Å². The minimum absolute atomic E-state index is 0.330. The van der Waals surface area contributed by atoms with Crippen LogP contribution in [0.1, 0.15) is 5.56 Å². The number of aromatic nitrogens is 3. The summed E-state index contributed by atoms with van der Waals surface area (Å²) in [7, 11) is 0. The second-order valence-corrected chi connectivity index (χ2v) is 4.32. The molecule has 0 bridgehead atoms. The normalized spacial score (nSPS) is 14.7. The van der Waals surface area contributed by atoms with Gasteiger partial charge < -0.3 is 4.74 Å². The van der Waals surface area contributed by atoms with Crippen LogP contribution in [0.2, 0.25) is 0 Å². The fourth-order valence-electron chi connectivity index (χ4n) is 2.10. The fraction of sp³-hybridized carbons (Fsp3) is 0.308. The zero-order valence-corrected chi connectivity index (χ0v) is 10.4. The summed E-state index contributed by atoms with van der Waals surface area (Å²) in [5.74, 6) is 0.693. The van der Waals surface area contributed by atoms with Gasteiger partial charge in [0.1, 0.15) is 6.61 Å². The van der Waals surface area contributed by atoms with E-state index < -0.39 is 0 Å². The van der Waals surface area contributed by atoms with Gasteiger partial charge in [-0.25, -0.2) is 9.48 Å². The van der Waals surface area contributed by atoms with Crippen molar-refractivity contribution in [1.29, 1.82) is 0 Å². The number of aryl methyl sites for hydroxylation is 2. The van der Waals surface area contributed by atoms with E-state index in [-0.39, 0.29) is 6.09 Å². The third-order valence-corrected chi connectivity index (χ3v) is 3.09. The van der Waals surface area contributed by atoms with E-state index in [1.807, 2.05) is 18.2 Å². The lowest BCUT2D eigenvalue weighted by Crippen LogP contribution is -2.26. The van der Waals surface area contributed by atoms with Gasteiger partial charge in [-0.2, -0.15) is 0 Å². The molecule has 1 amide bonds. The van der Waals surface area contributed by atoms with Crippen LogP contribution in [0.3, 0.4) is 0 Å². The van der Waals surface area contributed by atoms with Crippen LogP contribution in [0.5, 0.6) is 0 Å². The van der Waals surface area contributed by atoms with Crippen molar-refractivity contribution >= 4 is 11.9 Å². The molecule has 2 aromatic rings. The molecule has 0 spiro atoms. The molecule has 1 aliphatic rings. The van der Waals surface area contributed by atoms with Crippen LogP contribution in [0.4, 0.5) is 10.6 Å². The molecule has 2 heterocycles. The number of ether oxygens (including phenoxy) is 1. The van der Waals surface area contributed by atoms with E-state index in [9.17, 15) is 4.79 Å². The van der Waals surface area contributed by atoms with Gasteiger partial charge in [-0.15, -0.1) is 5.10 Å². The number of carbonyl (C=O) groups excluding carboxylic acids is 1. The Kier molecular flexibility index (Phi) is 3.14. The Balaban J connectivity index is 1.72. The van der Waals surface area contributed by atoms with Gasteiger partial charge in [0.25, 0.3) is 0 Å². The Labute approximate surface area is 110 Å². The molecule has 0 aliphatic carbocycles. The van der Waals surface area contributed by atoms with Crippen molar-refractivity contribution in [3.05, 3.63) is 42.1 Å². The number of hydrogen-bond acceptors (Lipinski definition) is 4. The lowest BCUT2D eigenvalue weighted by atomic mass is 10.1. The first kappa shape index (κ1) is 11.7. The molecular formula is C13H14N4O2. The number of anilines is 1. The highest BCUT2D eigenvalue weighted by Crippen LogP contribution is 2.17. The number of rotatable bonds is 4. The highest BCUT2D eigenvalue weighted by atomic mass is 16.6. The van der Waals surface area contributed by atoms with Crippen LogP contribution in [0, 0.1) is 0 Å². The molecule has 6 nitrogen and oxygen atoms in total. The first-order valence-corrected chi connectivity index (χ1v) is 6.21. The van der Waals surface area contributed by atoms with Crippen LogP contribution in [0.25, 0.3) is 0 Å². The molecule has 0 unspecified atom stereocenters. The molecule has 19 heavy (non-hydrogen) atoms. The van der Waals surface area contributed by atoms with Gasteiger partial charge in [0, 0.05) is 6.54 Å². The van der Waals surface area contributed by atoms with Crippen LogP contribution < -0.4 is 4.90 Å². The summed E-state index contributed by atoms with van der Waals surface area (Å²) in [6.45, 7) is 1.66. The predicted molar refractivity (Wildman–Crippen MR) is 68.9 cm³/mol. The fourth-order valence-corrected chi connectivity index (χ4v) is 2.10. The molecule has 1 aliphatic heterocycles. The average molecular weight is 258 g/mol. The molecule has 1 fully saturated rings. The maximum Gasteiger partial charge on any atom is 0.415 e. The lowest BCUT2D eigenvalue weighted by Gasteiger charge is -2.13. The molecule has 1 aromatic heterocycles. The van der Waals surface area contributed by atoms with Crippen molar-refractivity contribution in [3.63, 3.8) is 0 Å². The minimum atomic E-state index is -0.330. The topological polar surface area (TPSA) is 60.2 Å². The number of nitrogens with zero attached hydrogens (tertiary/aromatic N) is 4. The Morgan fingerprint density at radius 3 is 2.84 bits per heavy atom. The summed E-state index contributed by atoms with van der Waals surface area (Å²) in [5, 5.41) is 7.90. The van der Waals surface area contributed by atoms with Gasteiger partial charge in [-0.1, -0.05) is 35.5 Å². The molecule has 0 radical (unpaired) electrons. The monoisotopic (exact) mass is 258 g/mol. The highest BCUT2D eigenvalue weighted by Gasteiger charge is 2.26. The molecule has 1 aromatic carbocycles. The summed E-state index contributed by atoms with van der Waals surface area (Å²) in [4.78, 5) is 13.1. The number of cyclic esters (lactones) is 1. The summed E-state index contributed by atoms with van der Waals surface area (Å²) in [5.41, 5.74) is 1.23. The Hall–Kier alpha value is -2.37. The molecule has 98 valence electrons. The van der Waals surface area contributed by atoms with E-state index in [2.05, 4.69) is 22.4 Å². The van der Waals surface area contributed by atoms with E-state index in [1.165, 1.54) is 5.56 Å². The van der Waals surface area contributed by atoms with Crippen molar-refractivity contribution < 1.29 is 9.53 Å². The van der Waals surface area contributed by atoms with Gasteiger partial charge in [0.05, 0.1) is 12.7 Å². The van der Waals surface area contributed by atoms with E-state index in [1.54, 1.807) is 15.8 Å². The number of hydrogen-bond donors (Lipinski definition) is 0. The van der Waals surface area contributed by atoms with Gasteiger partial charge in [0.15, 0.2) is 5.82 Å². The van der Waals surface area contributed by atoms with Gasteiger partial charge in [-0.3, -0.25) is 4.90 Å². The second-order valence-electron chi connectivity index (χ2n) is 4.32. The van der Waals surface area contributed by atoms with Crippen molar-refractivity contribution in [3.8, 4) is 0 Å². The Morgan fingerprint density at radius 2 is 2.11 bits per heavy atom. The maximum absolute atomic E-state index is 11.5. The zero-order valence-electron chi connectivity index (χ0n) is 10.4. The predicted octanol–water partition coefficient (Wildman–Crippen LogP) is 1.48. The summed E-state index contributed by atoms with van der Waals surface area (Å²) in [6.07, 6.45) is 2.11. The number of benzene rings is 1. The first-order chi connectivity index (χ1) is 9.34. The molecule has 0 saturated carbocycles. The minimum Gasteiger partial charge on any atom is -0.447 e. The van der Waals surface area contributed by atoms with Crippen molar-refractivity contribution in [2.45, 2.75) is 13.0 Å². The van der Waals surface area contributed by atoms with Crippen molar-refractivity contribution in [2.24, 2.45) is 0 Å². The smallest absolute Gasteiger partial charge is 0.415 e. The lowest BCUT2D eigenvalue weighted by molar-refractivity contribution is 0.181. The molecule has 0 N–H and O–H groups in total. The van der Waals surface area contributed by atoms with E-state index in [4.69, 9.17) is 4.74 Å². The third kappa shape index (κ3) is 2.42. The summed E-state index contributed by atoms with van der Waals surface area (Å²) < 4.78 is 6.66. The average Bonchev–Trinajstić information content (AvgIpc) is 3.05. The van der Waals surface area contributed by atoms with Gasteiger partial charge in [-0.05, 0) is 12.0 Å². The second kappa shape index (κ2) is 5.09. The van der Waals surface area contributed by atoms with E-state index in [0.717, 1.165) is 6.42 Å². The molecule has 0 atom stereocenters.